The lowest BCUT2D eigenvalue weighted by Crippen LogP contribution is -2.54. The van der Waals surface area contributed by atoms with Crippen LogP contribution < -0.4 is 10.1 Å². The van der Waals surface area contributed by atoms with Crippen molar-refractivity contribution in [3.05, 3.63) is 42.9 Å². The second kappa shape index (κ2) is 6.84. The zero-order valence-corrected chi connectivity index (χ0v) is 14.0. The predicted octanol–water partition coefficient (Wildman–Crippen LogP) is 1.41. The van der Waals surface area contributed by atoms with E-state index in [-0.39, 0.29) is 23.5 Å². The predicted molar refractivity (Wildman–Crippen MR) is 89.9 cm³/mol. The molecule has 2 atom stereocenters. The highest BCUT2D eigenvalue weighted by atomic mass is 16.5. The van der Waals surface area contributed by atoms with Gasteiger partial charge >= 0.3 is 0 Å². The van der Waals surface area contributed by atoms with Gasteiger partial charge < -0.3 is 14.8 Å². The normalized spacial score (nSPS) is 24.5. The summed E-state index contributed by atoms with van der Waals surface area (Å²) in [6, 6.07) is 7.27. The molecule has 2 aromatic rings. The van der Waals surface area contributed by atoms with Gasteiger partial charge in [0.05, 0.1) is 31.2 Å². The van der Waals surface area contributed by atoms with E-state index in [1.807, 2.05) is 35.1 Å². The average Bonchev–Trinajstić information content (AvgIpc) is 3.24. The summed E-state index contributed by atoms with van der Waals surface area (Å²) in [5, 5.41) is 7.37. The maximum atomic E-state index is 12.8. The minimum absolute atomic E-state index is 0.0631. The molecule has 3 heterocycles. The Morgan fingerprint density at radius 1 is 1.36 bits per heavy atom. The number of ether oxygens (including phenoxy) is 2. The van der Waals surface area contributed by atoms with Crippen molar-refractivity contribution < 1.29 is 14.3 Å². The van der Waals surface area contributed by atoms with Crippen molar-refractivity contribution in [3.63, 3.8) is 0 Å². The molecule has 1 aliphatic heterocycles. The van der Waals surface area contributed by atoms with Crippen molar-refractivity contribution in [1.29, 1.82) is 0 Å². The highest BCUT2D eigenvalue weighted by molar-refractivity contribution is 5.85. The van der Waals surface area contributed by atoms with Gasteiger partial charge in [0.2, 0.25) is 11.8 Å². The fourth-order valence-corrected chi connectivity index (χ4v) is 3.20. The summed E-state index contributed by atoms with van der Waals surface area (Å²) in [5.74, 6) is 0.638. The maximum absolute atomic E-state index is 12.8. The van der Waals surface area contributed by atoms with Gasteiger partial charge in [-0.2, -0.15) is 5.10 Å². The third-order valence-electron chi connectivity index (χ3n) is 4.88. The average molecular weight is 342 g/mol. The molecule has 0 bridgehead atoms. The molecule has 132 valence electrons. The molecule has 4 rings (SSSR count). The molecular weight excluding hydrogens is 320 g/mol. The minimum Gasteiger partial charge on any atom is -0.472 e. The zero-order valence-electron chi connectivity index (χ0n) is 14.0. The van der Waals surface area contributed by atoms with Gasteiger partial charge in [-0.25, -0.2) is 4.98 Å². The van der Waals surface area contributed by atoms with Gasteiger partial charge in [-0.15, -0.1) is 0 Å². The van der Waals surface area contributed by atoms with Crippen molar-refractivity contribution in [2.75, 3.05) is 13.2 Å². The summed E-state index contributed by atoms with van der Waals surface area (Å²) >= 11 is 0. The van der Waals surface area contributed by atoms with Crippen molar-refractivity contribution in [2.24, 2.45) is 5.41 Å². The number of nitrogens with one attached hydrogen (secondary N) is 1. The topological polar surface area (TPSA) is 78.3 Å². The third kappa shape index (κ3) is 3.66. The molecule has 0 radical (unpaired) electrons. The highest BCUT2D eigenvalue weighted by Crippen LogP contribution is 2.47. The fourth-order valence-electron chi connectivity index (χ4n) is 3.20. The van der Waals surface area contributed by atoms with Gasteiger partial charge in [0.15, 0.2) is 0 Å². The molecule has 1 aliphatic carbocycles. The molecule has 7 heteroatoms. The van der Waals surface area contributed by atoms with Crippen molar-refractivity contribution in [3.8, 4) is 5.88 Å². The van der Waals surface area contributed by atoms with Gasteiger partial charge in [0, 0.05) is 31.1 Å². The number of carbonyl (C=O) groups excluding carboxylic acids is 1. The van der Waals surface area contributed by atoms with Gasteiger partial charge in [-0.1, -0.05) is 6.07 Å². The summed E-state index contributed by atoms with van der Waals surface area (Å²) in [6.45, 7) is 1.70. The highest BCUT2D eigenvalue weighted by Gasteiger charge is 2.51. The Kier molecular flexibility index (Phi) is 4.40. The Hall–Kier alpha value is -2.41. The molecule has 0 spiro atoms. The number of amides is 1. The quantitative estimate of drug-likeness (QED) is 0.859. The molecule has 0 unspecified atom stereocenters. The molecule has 0 aromatic carbocycles. The first-order valence-corrected chi connectivity index (χ1v) is 8.69. The number of hydrogen-bond donors (Lipinski definition) is 1. The smallest absolute Gasteiger partial charge is 0.228 e. The number of hydrogen-bond acceptors (Lipinski definition) is 5. The first-order valence-electron chi connectivity index (χ1n) is 8.69. The second-order valence-corrected chi connectivity index (χ2v) is 6.75. The monoisotopic (exact) mass is 342 g/mol. The van der Waals surface area contributed by atoms with E-state index in [4.69, 9.17) is 9.47 Å². The van der Waals surface area contributed by atoms with Crippen molar-refractivity contribution in [2.45, 2.75) is 38.0 Å². The van der Waals surface area contributed by atoms with Crippen LogP contribution in [0, 0.1) is 5.41 Å². The van der Waals surface area contributed by atoms with Crippen molar-refractivity contribution >= 4 is 5.91 Å². The largest absolute Gasteiger partial charge is 0.472 e. The Bertz CT molecular complexity index is 700. The Morgan fingerprint density at radius 3 is 3.00 bits per heavy atom. The van der Waals surface area contributed by atoms with Crippen LogP contribution in [0.1, 0.15) is 19.3 Å². The summed E-state index contributed by atoms with van der Waals surface area (Å²) in [4.78, 5) is 17.1. The molecule has 7 nitrogen and oxygen atoms in total. The molecule has 1 N–H and O–H groups in total. The van der Waals surface area contributed by atoms with Gasteiger partial charge in [-0.05, 0) is 25.0 Å². The Morgan fingerprint density at radius 2 is 2.28 bits per heavy atom. The van der Waals surface area contributed by atoms with Crippen LogP contribution in [0.4, 0.5) is 0 Å². The standard InChI is InChI=1S/C18H22N4O3/c23-17(18(6-7-18)13-22-10-3-9-20-22)21-14-12-24-11-5-15(14)25-16-4-1-2-8-19-16/h1-4,8-10,14-15H,5-7,11-13H2,(H,21,23)/t14-,15-/m1/s1. The van der Waals surface area contributed by atoms with E-state index in [0.717, 1.165) is 19.3 Å². The SMILES string of the molecule is O=C(N[C@@H]1COCC[C@H]1Oc1ccccn1)C1(Cn2cccn2)CC1. The third-order valence-corrected chi connectivity index (χ3v) is 4.88. The number of nitrogens with zero attached hydrogens (tertiary/aromatic N) is 3. The first-order chi connectivity index (χ1) is 12.3. The van der Waals surface area contributed by atoms with Crippen LogP contribution in [-0.2, 0) is 16.1 Å². The molecule has 2 aliphatic rings. The first kappa shape index (κ1) is 16.1. The molecule has 25 heavy (non-hydrogen) atoms. The molecular formula is C18H22N4O3. The van der Waals surface area contributed by atoms with Crippen LogP contribution in [0.3, 0.4) is 0 Å². The summed E-state index contributed by atoms with van der Waals surface area (Å²) in [5.41, 5.74) is -0.348. The van der Waals surface area contributed by atoms with Crippen LogP contribution in [0.25, 0.3) is 0 Å². The number of pyridine rings is 1. The summed E-state index contributed by atoms with van der Waals surface area (Å²) in [6.07, 6.45) is 7.70. The maximum Gasteiger partial charge on any atom is 0.228 e. The fraction of sp³-hybridized carbons (Fsp3) is 0.500. The lowest BCUT2D eigenvalue weighted by Gasteiger charge is -2.33. The van der Waals surface area contributed by atoms with Crippen molar-refractivity contribution in [1.82, 2.24) is 20.1 Å². The van der Waals surface area contributed by atoms with E-state index in [2.05, 4.69) is 15.4 Å². The second-order valence-electron chi connectivity index (χ2n) is 6.75. The molecule has 1 saturated carbocycles. The van der Waals surface area contributed by atoms with Crippen LogP contribution >= 0.6 is 0 Å². The molecule has 1 saturated heterocycles. The van der Waals surface area contributed by atoms with Crippen LogP contribution in [0.5, 0.6) is 5.88 Å². The van der Waals surface area contributed by atoms with E-state index >= 15 is 0 Å². The minimum atomic E-state index is -0.348. The lowest BCUT2D eigenvalue weighted by molar-refractivity contribution is -0.130. The molecule has 1 amide bonds. The number of carbonyl (C=O) groups is 1. The van der Waals surface area contributed by atoms with Gasteiger partial charge in [-0.3, -0.25) is 9.48 Å². The van der Waals surface area contributed by atoms with Crippen LogP contribution in [0.2, 0.25) is 0 Å². The van der Waals surface area contributed by atoms with Gasteiger partial charge in [0.1, 0.15) is 6.10 Å². The molecule has 2 aromatic heterocycles. The van der Waals surface area contributed by atoms with Crippen LogP contribution in [0.15, 0.2) is 42.9 Å². The van der Waals surface area contributed by atoms with E-state index < -0.39 is 0 Å². The number of aromatic nitrogens is 3. The summed E-state index contributed by atoms with van der Waals surface area (Å²) < 4.78 is 13.4. The van der Waals surface area contributed by atoms with Crippen LogP contribution in [-0.4, -0.2) is 46.0 Å². The van der Waals surface area contributed by atoms with E-state index in [9.17, 15) is 4.79 Å². The van der Waals surface area contributed by atoms with E-state index in [0.29, 0.717) is 25.6 Å². The molecule has 2 fully saturated rings. The number of rotatable bonds is 6. The Labute approximate surface area is 146 Å². The lowest BCUT2D eigenvalue weighted by atomic mass is 10.0. The van der Waals surface area contributed by atoms with E-state index in [1.165, 1.54) is 0 Å². The zero-order chi connectivity index (χ0) is 17.1. The van der Waals surface area contributed by atoms with Gasteiger partial charge in [0.25, 0.3) is 0 Å². The van der Waals surface area contributed by atoms with E-state index in [1.54, 1.807) is 12.4 Å². The summed E-state index contributed by atoms with van der Waals surface area (Å²) in [7, 11) is 0. The Balaban J connectivity index is 1.40.